The van der Waals surface area contributed by atoms with Gasteiger partial charge in [0.15, 0.2) is 0 Å². The number of aryl methyl sites for hydroxylation is 1. The summed E-state index contributed by atoms with van der Waals surface area (Å²) < 4.78 is 4.21. The van der Waals surface area contributed by atoms with Crippen molar-refractivity contribution in [2.75, 3.05) is 0 Å². The Bertz CT molecular complexity index is 795. The fraction of sp³-hybridized carbons (Fsp3) is 0.421. The summed E-state index contributed by atoms with van der Waals surface area (Å²) >= 11 is 0. The Kier molecular flexibility index (Phi) is 5.85. The summed E-state index contributed by atoms with van der Waals surface area (Å²) in [5.41, 5.74) is 4.63. The van der Waals surface area contributed by atoms with Crippen LogP contribution >= 0.6 is 0 Å². The molecule has 0 radical (unpaired) electrons. The number of unbranched alkanes of at least 4 members (excludes halogenated alkanes) is 1. The second-order valence-corrected chi connectivity index (χ2v) is 7.10. The van der Waals surface area contributed by atoms with E-state index in [0.29, 0.717) is 0 Å². The molecule has 24 heavy (non-hydrogen) atoms. The number of nitrogens with zero attached hydrogens (tertiary/aromatic N) is 4. The van der Waals surface area contributed by atoms with E-state index in [9.17, 15) is 0 Å². The van der Waals surface area contributed by atoms with E-state index >= 15 is 0 Å². The van der Waals surface area contributed by atoms with Gasteiger partial charge in [0, 0.05) is 6.54 Å². The molecule has 0 aliphatic heterocycles. The molecule has 3 rings (SSSR count). The molecule has 0 unspecified atom stereocenters. The molecular formula is C19H25LiN4. The maximum absolute atomic E-state index is 4.28. The van der Waals surface area contributed by atoms with E-state index in [1.807, 2.05) is 22.9 Å². The Morgan fingerprint density at radius 2 is 1.92 bits per heavy atom. The van der Waals surface area contributed by atoms with Crippen molar-refractivity contribution in [3.05, 3.63) is 54.3 Å². The average molecular weight is 316 g/mol. The van der Waals surface area contributed by atoms with Crippen LogP contribution in [0, 0.1) is 6.54 Å². The zero-order valence-corrected chi connectivity index (χ0v) is 15.5. The van der Waals surface area contributed by atoms with Gasteiger partial charge >= 0.3 is 18.9 Å². The fourth-order valence-corrected chi connectivity index (χ4v) is 2.67. The van der Waals surface area contributed by atoms with Crippen molar-refractivity contribution in [3.8, 4) is 0 Å². The van der Waals surface area contributed by atoms with E-state index in [1.54, 1.807) is 0 Å². The van der Waals surface area contributed by atoms with Gasteiger partial charge in [0.1, 0.15) is 0 Å². The molecule has 0 amide bonds. The Hall–Kier alpha value is -1.63. The van der Waals surface area contributed by atoms with Crippen LogP contribution in [0.25, 0.3) is 11.0 Å². The van der Waals surface area contributed by atoms with Crippen molar-refractivity contribution in [2.45, 2.75) is 52.5 Å². The molecule has 0 fully saturated rings. The van der Waals surface area contributed by atoms with Gasteiger partial charge in [0.05, 0.1) is 5.52 Å². The number of benzene rings is 1. The fourth-order valence-electron chi connectivity index (χ4n) is 2.67. The minimum absolute atomic E-state index is 0. The van der Waals surface area contributed by atoms with Gasteiger partial charge in [-0.25, -0.2) is 0 Å². The van der Waals surface area contributed by atoms with Gasteiger partial charge in [0.2, 0.25) is 0 Å². The third-order valence-electron chi connectivity index (χ3n) is 4.18. The van der Waals surface area contributed by atoms with Gasteiger partial charge in [0.25, 0.3) is 0 Å². The predicted molar refractivity (Wildman–Crippen MR) is 94.4 cm³/mol. The molecule has 0 bridgehead atoms. The van der Waals surface area contributed by atoms with E-state index in [-0.39, 0.29) is 24.3 Å². The molecule has 2 heterocycles. The third kappa shape index (κ3) is 3.88. The van der Waals surface area contributed by atoms with Crippen LogP contribution in [-0.4, -0.2) is 19.6 Å². The first-order valence-corrected chi connectivity index (χ1v) is 8.34. The molecule has 0 saturated carbocycles. The predicted octanol–water partition coefficient (Wildman–Crippen LogP) is 1.39. The molecular weight excluding hydrogens is 291 g/mol. The Balaban J connectivity index is 0.00000208. The van der Waals surface area contributed by atoms with E-state index in [1.165, 1.54) is 24.1 Å². The maximum atomic E-state index is 4.28. The van der Waals surface area contributed by atoms with Crippen LogP contribution in [-0.2, 0) is 12.0 Å². The van der Waals surface area contributed by atoms with Gasteiger partial charge in [-0.05, 0) is 35.3 Å². The summed E-state index contributed by atoms with van der Waals surface area (Å²) in [5.74, 6) is 0. The number of aromatic nitrogens is 4. The number of hydrogen-bond donors (Lipinski definition) is 0. The molecule has 0 saturated heterocycles. The van der Waals surface area contributed by atoms with Gasteiger partial charge < -0.3 is 9.25 Å². The van der Waals surface area contributed by atoms with Crippen molar-refractivity contribution >= 4 is 11.0 Å². The summed E-state index contributed by atoms with van der Waals surface area (Å²) in [6.07, 6.45) is 4.65. The van der Waals surface area contributed by atoms with E-state index < -0.39 is 0 Å². The van der Waals surface area contributed by atoms with Crippen LogP contribution in [0.1, 0.15) is 51.8 Å². The molecule has 5 heteroatoms. The number of hydrogen-bond acceptors (Lipinski definition) is 2. The summed E-state index contributed by atoms with van der Waals surface area (Å²) in [7, 11) is 0. The van der Waals surface area contributed by atoms with Gasteiger partial charge in [-0.1, -0.05) is 69.6 Å². The molecule has 2 aromatic heterocycles. The monoisotopic (exact) mass is 316 g/mol. The van der Waals surface area contributed by atoms with E-state index in [4.69, 9.17) is 0 Å². The molecule has 0 N–H and O–H groups in total. The van der Waals surface area contributed by atoms with Crippen LogP contribution in [0.15, 0.2) is 36.5 Å². The first-order chi connectivity index (χ1) is 11.0. The van der Waals surface area contributed by atoms with E-state index in [2.05, 4.69) is 67.4 Å². The third-order valence-corrected chi connectivity index (χ3v) is 4.18. The summed E-state index contributed by atoms with van der Waals surface area (Å²) in [6.45, 7) is 12.1. The number of rotatable bonds is 5. The summed E-state index contributed by atoms with van der Waals surface area (Å²) in [5, 5.41) is 8.52. The summed E-state index contributed by atoms with van der Waals surface area (Å²) in [6, 6.07) is 10.3. The Morgan fingerprint density at radius 3 is 2.62 bits per heavy atom. The number of fused-ring (bicyclic) bond motifs is 1. The Labute approximate surface area is 156 Å². The van der Waals surface area contributed by atoms with E-state index in [0.717, 1.165) is 17.6 Å². The zero-order valence-electron chi connectivity index (χ0n) is 15.5. The van der Waals surface area contributed by atoms with Crippen LogP contribution in [0.3, 0.4) is 0 Å². The molecule has 3 aromatic rings. The molecule has 0 spiro atoms. The topological polar surface area (TPSA) is 35.6 Å². The van der Waals surface area contributed by atoms with Gasteiger partial charge in [-0.15, -0.1) is 11.2 Å². The van der Waals surface area contributed by atoms with Crippen LogP contribution in [0.4, 0.5) is 0 Å². The quantitative estimate of drug-likeness (QED) is 0.527. The second-order valence-electron chi connectivity index (χ2n) is 7.10. The molecule has 0 atom stereocenters. The van der Waals surface area contributed by atoms with Crippen molar-refractivity contribution in [1.29, 1.82) is 0 Å². The van der Waals surface area contributed by atoms with Gasteiger partial charge in [-0.2, -0.15) is 0 Å². The molecule has 4 nitrogen and oxygen atoms in total. The van der Waals surface area contributed by atoms with Crippen LogP contribution in [0.2, 0.25) is 0 Å². The standard InChI is InChI=1S/C19H25N4.Li/c1-5-6-11-22-13-15(19(2,3)4)12-16(22)14-23-18-10-8-7-9-17(18)20-21-23;/h7-10,12-14H,5-6,11H2,1-4H3;/q-1;+1. The average Bonchev–Trinajstić information content (AvgIpc) is 3.10. The largest absolute Gasteiger partial charge is 1.00 e. The molecule has 122 valence electrons. The maximum Gasteiger partial charge on any atom is 1.00 e. The zero-order chi connectivity index (χ0) is 16.4. The molecule has 0 aliphatic rings. The minimum Gasteiger partial charge on any atom is -0.370 e. The van der Waals surface area contributed by atoms with Gasteiger partial charge in [-0.3, -0.25) is 0 Å². The minimum atomic E-state index is 0. The van der Waals surface area contributed by atoms with Crippen molar-refractivity contribution in [3.63, 3.8) is 0 Å². The first kappa shape index (κ1) is 18.7. The first-order valence-electron chi connectivity index (χ1n) is 8.34. The smallest absolute Gasteiger partial charge is 0.370 e. The second kappa shape index (κ2) is 7.50. The SMILES string of the molecule is CCCCn1cc(C(C)(C)C)cc1[CH-]n1nnc2ccccc21.[Li+]. The molecule has 1 aromatic carbocycles. The Morgan fingerprint density at radius 1 is 1.17 bits per heavy atom. The van der Waals surface area contributed by atoms with Crippen LogP contribution in [0.5, 0.6) is 0 Å². The molecule has 0 aliphatic carbocycles. The van der Waals surface area contributed by atoms with Crippen LogP contribution < -0.4 is 18.9 Å². The van der Waals surface area contributed by atoms with Crippen molar-refractivity contribution < 1.29 is 18.9 Å². The van der Waals surface area contributed by atoms with Crippen molar-refractivity contribution in [2.24, 2.45) is 0 Å². The van der Waals surface area contributed by atoms with Crippen molar-refractivity contribution in [1.82, 2.24) is 19.6 Å². The number of para-hydroxylation sites is 1. The summed E-state index contributed by atoms with van der Waals surface area (Å²) in [4.78, 5) is 0. The normalized spacial score (nSPS) is 11.5.